The van der Waals surface area contributed by atoms with Crippen LogP contribution in [0.2, 0.25) is 0 Å². The van der Waals surface area contributed by atoms with Gasteiger partial charge in [0.25, 0.3) is 0 Å². The number of fused-ring (bicyclic) bond motifs is 1. The molecule has 1 atom stereocenters. The normalized spacial score (nSPS) is 16.7. The standard InChI is InChI=1S/C19H14F3N3O2/c20-19(21,22)12-2-1-3-13(8-12)25-10-23-17-15(9-16(27)24-18(17)25)11-4-6-14(26)7-5-11/h1-8,10,15,26H,9H2,(H,24,27)/t15-/m1/s1. The number of anilines is 1. The lowest BCUT2D eigenvalue weighted by molar-refractivity contribution is -0.137. The number of phenolic OH excluding ortho intramolecular Hbond substituents is 1. The molecule has 2 aromatic carbocycles. The van der Waals surface area contributed by atoms with Crippen LogP contribution in [-0.4, -0.2) is 20.6 Å². The van der Waals surface area contributed by atoms with Crippen LogP contribution in [0.15, 0.2) is 54.9 Å². The van der Waals surface area contributed by atoms with Gasteiger partial charge >= 0.3 is 6.18 Å². The number of rotatable bonds is 2. The molecule has 0 aliphatic carbocycles. The molecule has 2 N–H and O–H groups in total. The summed E-state index contributed by atoms with van der Waals surface area (Å²) in [4.78, 5) is 16.5. The molecule has 0 saturated heterocycles. The molecule has 2 heterocycles. The number of alkyl halides is 3. The molecular weight excluding hydrogens is 359 g/mol. The maximum atomic E-state index is 13.0. The van der Waals surface area contributed by atoms with E-state index in [0.717, 1.165) is 17.7 Å². The third kappa shape index (κ3) is 3.14. The first-order valence-corrected chi connectivity index (χ1v) is 8.16. The minimum Gasteiger partial charge on any atom is -0.508 e. The van der Waals surface area contributed by atoms with Gasteiger partial charge < -0.3 is 10.4 Å². The van der Waals surface area contributed by atoms with E-state index in [1.54, 1.807) is 12.1 Å². The molecule has 1 aliphatic heterocycles. The Morgan fingerprint density at radius 1 is 1.15 bits per heavy atom. The zero-order valence-corrected chi connectivity index (χ0v) is 13.9. The summed E-state index contributed by atoms with van der Waals surface area (Å²) in [5.74, 6) is -0.145. The average molecular weight is 373 g/mol. The van der Waals surface area contributed by atoms with Gasteiger partial charge in [-0.1, -0.05) is 18.2 Å². The van der Waals surface area contributed by atoms with Crippen molar-refractivity contribution >= 4 is 11.7 Å². The van der Waals surface area contributed by atoms with Gasteiger partial charge in [0.05, 0.1) is 11.3 Å². The zero-order valence-electron chi connectivity index (χ0n) is 13.9. The van der Waals surface area contributed by atoms with Crippen LogP contribution >= 0.6 is 0 Å². The largest absolute Gasteiger partial charge is 0.508 e. The fourth-order valence-electron chi connectivity index (χ4n) is 3.22. The maximum Gasteiger partial charge on any atom is 0.416 e. The molecule has 3 aromatic rings. The maximum absolute atomic E-state index is 13.0. The number of halogens is 3. The van der Waals surface area contributed by atoms with Crippen LogP contribution in [0.1, 0.15) is 29.2 Å². The Hall–Kier alpha value is -3.29. The van der Waals surface area contributed by atoms with E-state index in [9.17, 15) is 23.1 Å². The van der Waals surface area contributed by atoms with Crippen LogP contribution in [0.3, 0.4) is 0 Å². The van der Waals surface area contributed by atoms with Crippen LogP contribution in [-0.2, 0) is 11.0 Å². The average Bonchev–Trinajstić information content (AvgIpc) is 3.05. The van der Waals surface area contributed by atoms with E-state index in [2.05, 4.69) is 10.3 Å². The van der Waals surface area contributed by atoms with Gasteiger partial charge in [-0.25, -0.2) is 4.98 Å². The number of nitrogens with one attached hydrogen (secondary N) is 1. The smallest absolute Gasteiger partial charge is 0.416 e. The molecule has 8 heteroatoms. The van der Waals surface area contributed by atoms with Crippen molar-refractivity contribution in [2.24, 2.45) is 0 Å². The summed E-state index contributed by atoms with van der Waals surface area (Å²) in [5, 5.41) is 12.2. The molecule has 5 nitrogen and oxygen atoms in total. The van der Waals surface area contributed by atoms with E-state index in [0.29, 0.717) is 11.5 Å². The van der Waals surface area contributed by atoms with Gasteiger partial charge in [-0.05, 0) is 35.9 Å². The van der Waals surface area contributed by atoms with Crippen LogP contribution in [0.5, 0.6) is 5.75 Å². The van der Waals surface area contributed by atoms with E-state index in [-0.39, 0.29) is 29.7 Å². The van der Waals surface area contributed by atoms with Crippen molar-refractivity contribution < 1.29 is 23.1 Å². The molecule has 1 aromatic heterocycles. The molecule has 0 unspecified atom stereocenters. The highest BCUT2D eigenvalue weighted by atomic mass is 19.4. The molecule has 138 valence electrons. The number of nitrogens with zero attached hydrogens (tertiary/aromatic N) is 2. The number of amides is 1. The van der Waals surface area contributed by atoms with Crippen molar-refractivity contribution in [3.05, 3.63) is 71.7 Å². The Morgan fingerprint density at radius 2 is 1.89 bits per heavy atom. The summed E-state index contributed by atoms with van der Waals surface area (Å²) in [6.07, 6.45) is -2.90. The number of carbonyl (C=O) groups excluding carboxylic acids is 1. The first-order valence-electron chi connectivity index (χ1n) is 8.16. The molecule has 1 aliphatic rings. The highest BCUT2D eigenvalue weighted by Crippen LogP contribution is 2.38. The van der Waals surface area contributed by atoms with Crippen LogP contribution in [0.4, 0.5) is 19.0 Å². The van der Waals surface area contributed by atoms with Crippen LogP contribution < -0.4 is 5.32 Å². The second kappa shape index (κ2) is 6.15. The van der Waals surface area contributed by atoms with Crippen LogP contribution in [0.25, 0.3) is 5.69 Å². The predicted octanol–water partition coefficient (Wildman–Crippen LogP) is 4.07. The van der Waals surface area contributed by atoms with E-state index < -0.39 is 11.7 Å². The van der Waals surface area contributed by atoms with Crippen molar-refractivity contribution in [2.75, 3.05) is 5.32 Å². The fraction of sp³-hybridized carbons (Fsp3) is 0.158. The number of carbonyl (C=O) groups is 1. The summed E-state index contributed by atoms with van der Waals surface area (Å²) in [7, 11) is 0. The lowest BCUT2D eigenvalue weighted by Gasteiger charge is -2.23. The fourth-order valence-corrected chi connectivity index (χ4v) is 3.22. The number of aromatic hydroxyl groups is 1. The molecule has 4 rings (SSSR count). The second-order valence-electron chi connectivity index (χ2n) is 6.29. The predicted molar refractivity (Wildman–Crippen MR) is 91.8 cm³/mol. The summed E-state index contributed by atoms with van der Waals surface area (Å²) in [5.41, 5.74) is 0.834. The molecule has 0 radical (unpaired) electrons. The van der Waals surface area contributed by atoms with Gasteiger partial charge in [0, 0.05) is 18.0 Å². The Bertz CT molecular complexity index is 1010. The Balaban J connectivity index is 1.79. The number of hydrogen-bond donors (Lipinski definition) is 2. The van der Waals surface area contributed by atoms with Gasteiger partial charge in [0.2, 0.25) is 5.91 Å². The highest BCUT2D eigenvalue weighted by molar-refractivity contribution is 5.94. The molecule has 0 spiro atoms. The molecular formula is C19H14F3N3O2. The van der Waals surface area contributed by atoms with E-state index in [4.69, 9.17) is 0 Å². The molecule has 0 fully saturated rings. The number of benzene rings is 2. The molecule has 27 heavy (non-hydrogen) atoms. The van der Waals surface area contributed by atoms with Crippen molar-refractivity contribution in [2.45, 2.75) is 18.5 Å². The van der Waals surface area contributed by atoms with Gasteiger partial charge in [-0.15, -0.1) is 0 Å². The third-order valence-corrected chi connectivity index (χ3v) is 4.52. The van der Waals surface area contributed by atoms with E-state index in [1.165, 1.54) is 35.2 Å². The second-order valence-corrected chi connectivity index (χ2v) is 6.29. The quantitative estimate of drug-likeness (QED) is 0.712. The number of imidazole rings is 1. The minimum atomic E-state index is -4.46. The topological polar surface area (TPSA) is 67.1 Å². The lowest BCUT2D eigenvalue weighted by atomic mass is 9.90. The Labute approximate surface area is 152 Å². The monoisotopic (exact) mass is 373 g/mol. The first kappa shape index (κ1) is 17.1. The molecule has 1 amide bonds. The highest BCUT2D eigenvalue weighted by Gasteiger charge is 2.33. The Kier molecular flexibility index (Phi) is 3.91. The van der Waals surface area contributed by atoms with E-state index in [1.807, 2.05) is 0 Å². The number of hydrogen-bond acceptors (Lipinski definition) is 3. The van der Waals surface area contributed by atoms with Gasteiger partial charge in [0.15, 0.2) is 0 Å². The summed E-state index contributed by atoms with van der Waals surface area (Å²) in [6, 6.07) is 11.3. The van der Waals surface area contributed by atoms with Gasteiger partial charge in [-0.3, -0.25) is 9.36 Å². The molecule has 0 saturated carbocycles. The minimum absolute atomic E-state index is 0.105. The third-order valence-electron chi connectivity index (χ3n) is 4.52. The lowest BCUT2D eigenvalue weighted by Crippen LogP contribution is -2.24. The SMILES string of the molecule is O=C1C[C@H](c2ccc(O)cc2)c2ncn(-c3cccc(C(F)(F)F)c3)c2N1. The molecule has 0 bridgehead atoms. The van der Waals surface area contributed by atoms with Crippen molar-refractivity contribution in [1.29, 1.82) is 0 Å². The number of phenols is 1. The number of aromatic nitrogens is 2. The summed E-state index contributed by atoms with van der Waals surface area (Å²) >= 11 is 0. The first-order chi connectivity index (χ1) is 12.8. The van der Waals surface area contributed by atoms with Crippen molar-refractivity contribution in [3.8, 4) is 11.4 Å². The van der Waals surface area contributed by atoms with Gasteiger partial charge in [0.1, 0.15) is 17.9 Å². The van der Waals surface area contributed by atoms with Crippen molar-refractivity contribution in [3.63, 3.8) is 0 Å². The summed E-state index contributed by atoms with van der Waals surface area (Å²) in [6.45, 7) is 0. The Morgan fingerprint density at radius 3 is 2.59 bits per heavy atom. The van der Waals surface area contributed by atoms with Crippen molar-refractivity contribution in [1.82, 2.24) is 9.55 Å². The van der Waals surface area contributed by atoms with E-state index >= 15 is 0 Å². The van der Waals surface area contributed by atoms with Crippen LogP contribution in [0, 0.1) is 0 Å². The van der Waals surface area contributed by atoms with Gasteiger partial charge in [-0.2, -0.15) is 13.2 Å². The zero-order chi connectivity index (χ0) is 19.2. The summed E-state index contributed by atoms with van der Waals surface area (Å²) < 4.78 is 40.5.